The molecule has 134 valence electrons. The molecule has 6 nitrogen and oxygen atoms in total. The van der Waals surface area contributed by atoms with Crippen LogP contribution in [0.15, 0.2) is 29.7 Å². The van der Waals surface area contributed by atoms with E-state index in [-0.39, 0.29) is 18.0 Å². The third kappa shape index (κ3) is 4.49. The quantitative estimate of drug-likeness (QED) is 0.801. The van der Waals surface area contributed by atoms with Gasteiger partial charge < -0.3 is 19.7 Å². The van der Waals surface area contributed by atoms with E-state index in [4.69, 9.17) is 14.4 Å². The molecule has 0 aliphatic carbocycles. The standard InChI is InChI=1S/C18H24BNO5/c1-12(21)20-11-15(19-24-17(2,3)18(4,5)25-19)10-13-6-8-14(9-7-13)16(22)23/h6-10H,11H2,1-5H3,(H,20,21)(H,22,23). The molecule has 2 N–H and O–H groups in total. The van der Waals surface area contributed by atoms with E-state index in [2.05, 4.69) is 5.32 Å². The zero-order valence-electron chi connectivity index (χ0n) is 15.3. The number of amides is 1. The van der Waals surface area contributed by atoms with E-state index in [9.17, 15) is 9.59 Å². The molecule has 0 aromatic heterocycles. The first-order valence-corrected chi connectivity index (χ1v) is 8.16. The summed E-state index contributed by atoms with van der Waals surface area (Å²) < 4.78 is 12.1. The summed E-state index contributed by atoms with van der Waals surface area (Å²) in [5.41, 5.74) is 0.813. The molecule has 1 heterocycles. The lowest BCUT2D eigenvalue weighted by molar-refractivity contribution is -0.118. The molecule has 1 saturated heterocycles. The van der Waals surface area contributed by atoms with E-state index < -0.39 is 24.3 Å². The highest BCUT2D eigenvalue weighted by Gasteiger charge is 2.52. The van der Waals surface area contributed by atoms with Crippen molar-refractivity contribution < 1.29 is 24.0 Å². The maximum atomic E-state index is 11.3. The lowest BCUT2D eigenvalue weighted by atomic mass is 9.77. The minimum atomic E-state index is -0.972. The fraction of sp³-hybridized carbons (Fsp3) is 0.444. The van der Waals surface area contributed by atoms with Crippen LogP contribution in [0.5, 0.6) is 0 Å². The van der Waals surface area contributed by atoms with Crippen molar-refractivity contribution in [2.24, 2.45) is 0 Å². The first kappa shape index (κ1) is 19.2. The number of hydrogen-bond donors (Lipinski definition) is 2. The van der Waals surface area contributed by atoms with Gasteiger partial charge in [0.2, 0.25) is 5.91 Å². The topological polar surface area (TPSA) is 84.9 Å². The van der Waals surface area contributed by atoms with Gasteiger partial charge in [-0.05, 0) is 50.9 Å². The highest BCUT2D eigenvalue weighted by atomic mass is 16.7. The SMILES string of the molecule is CC(=O)NCC(=Cc1ccc(C(=O)O)cc1)B1OC(C)(C)C(C)(C)O1. The van der Waals surface area contributed by atoms with E-state index in [0.29, 0.717) is 0 Å². The minimum absolute atomic E-state index is 0.149. The maximum Gasteiger partial charge on any atom is 0.492 e. The summed E-state index contributed by atoms with van der Waals surface area (Å²) in [6.07, 6.45) is 1.85. The van der Waals surface area contributed by atoms with E-state index in [0.717, 1.165) is 11.0 Å². The van der Waals surface area contributed by atoms with Crippen molar-refractivity contribution in [2.45, 2.75) is 45.8 Å². The largest absolute Gasteiger partial charge is 0.492 e. The first-order valence-electron chi connectivity index (χ1n) is 8.16. The molecule has 0 bridgehead atoms. The van der Waals surface area contributed by atoms with Gasteiger partial charge in [0, 0.05) is 13.5 Å². The molecule has 1 amide bonds. The smallest absolute Gasteiger partial charge is 0.478 e. The van der Waals surface area contributed by atoms with Crippen molar-refractivity contribution >= 4 is 25.1 Å². The molecule has 0 spiro atoms. The summed E-state index contributed by atoms with van der Waals surface area (Å²) >= 11 is 0. The van der Waals surface area contributed by atoms with Crippen LogP contribution in [-0.4, -0.2) is 41.8 Å². The highest BCUT2D eigenvalue weighted by Crippen LogP contribution is 2.38. The molecule has 1 aliphatic rings. The summed E-state index contributed by atoms with van der Waals surface area (Å²) in [5, 5.41) is 11.8. The Morgan fingerprint density at radius 3 is 2.08 bits per heavy atom. The summed E-state index contributed by atoms with van der Waals surface area (Å²) in [5.74, 6) is -1.12. The molecule has 0 radical (unpaired) electrons. The van der Waals surface area contributed by atoms with Crippen molar-refractivity contribution in [2.75, 3.05) is 6.54 Å². The van der Waals surface area contributed by atoms with E-state index in [1.54, 1.807) is 12.1 Å². The molecule has 2 rings (SSSR count). The van der Waals surface area contributed by atoms with Crippen LogP contribution < -0.4 is 5.32 Å². The molecular weight excluding hydrogens is 321 g/mol. The molecule has 25 heavy (non-hydrogen) atoms. The normalized spacial score (nSPS) is 18.9. The van der Waals surface area contributed by atoms with Crippen molar-refractivity contribution in [3.05, 3.63) is 40.9 Å². The van der Waals surface area contributed by atoms with Gasteiger partial charge in [-0.1, -0.05) is 18.2 Å². The van der Waals surface area contributed by atoms with Gasteiger partial charge in [-0.25, -0.2) is 4.79 Å². The van der Waals surface area contributed by atoms with Gasteiger partial charge in [0.15, 0.2) is 0 Å². The average molecular weight is 345 g/mol. The molecule has 1 aromatic rings. The van der Waals surface area contributed by atoms with Gasteiger partial charge in [0.1, 0.15) is 0 Å². The number of carboxylic acid groups (broad SMARTS) is 1. The van der Waals surface area contributed by atoms with Gasteiger partial charge in [-0.3, -0.25) is 4.79 Å². The predicted molar refractivity (Wildman–Crippen MR) is 96.1 cm³/mol. The molecule has 1 aliphatic heterocycles. The molecule has 1 fully saturated rings. The maximum absolute atomic E-state index is 11.3. The lowest BCUT2D eigenvalue weighted by Crippen LogP contribution is -2.41. The molecule has 0 unspecified atom stereocenters. The summed E-state index contributed by atoms with van der Waals surface area (Å²) in [6.45, 7) is 9.58. The van der Waals surface area contributed by atoms with Gasteiger partial charge in [0.25, 0.3) is 0 Å². The number of nitrogens with one attached hydrogen (secondary N) is 1. The number of hydrogen-bond acceptors (Lipinski definition) is 4. The van der Waals surface area contributed by atoms with Crippen LogP contribution in [0.1, 0.15) is 50.5 Å². The Balaban J connectivity index is 2.29. The van der Waals surface area contributed by atoms with Crippen molar-refractivity contribution in [3.8, 4) is 0 Å². The number of carbonyl (C=O) groups is 2. The van der Waals surface area contributed by atoms with E-state index in [1.165, 1.54) is 19.1 Å². The lowest BCUT2D eigenvalue weighted by Gasteiger charge is -2.32. The van der Waals surface area contributed by atoms with Crippen LogP contribution in [0.3, 0.4) is 0 Å². The van der Waals surface area contributed by atoms with Crippen molar-refractivity contribution in [1.29, 1.82) is 0 Å². The summed E-state index contributed by atoms with van der Waals surface area (Å²) in [4.78, 5) is 22.3. The zero-order valence-corrected chi connectivity index (χ0v) is 15.3. The fourth-order valence-electron chi connectivity index (χ4n) is 2.36. The van der Waals surface area contributed by atoms with Gasteiger partial charge >= 0.3 is 13.1 Å². The molecule has 0 saturated carbocycles. The monoisotopic (exact) mass is 345 g/mol. The highest BCUT2D eigenvalue weighted by molar-refractivity contribution is 6.56. The second-order valence-electron chi connectivity index (χ2n) is 7.14. The number of carbonyl (C=O) groups excluding carboxylic acids is 1. The molecular formula is C18H24BNO5. The third-order valence-electron chi connectivity index (χ3n) is 4.61. The zero-order chi connectivity index (χ0) is 18.8. The Morgan fingerprint density at radius 1 is 1.12 bits per heavy atom. The van der Waals surface area contributed by atoms with Gasteiger partial charge in [-0.2, -0.15) is 0 Å². The van der Waals surface area contributed by atoms with Gasteiger partial charge in [-0.15, -0.1) is 0 Å². The van der Waals surface area contributed by atoms with Crippen LogP contribution >= 0.6 is 0 Å². The molecule has 1 aromatic carbocycles. The van der Waals surface area contributed by atoms with Crippen LogP contribution in [-0.2, 0) is 14.1 Å². The second-order valence-corrected chi connectivity index (χ2v) is 7.14. The fourth-order valence-corrected chi connectivity index (χ4v) is 2.36. The third-order valence-corrected chi connectivity index (χ3v) is 4.61. The summed E-state index contributed by atoms with van der Waals surface area (Å²) in [7, 11) is -0.587. The van der Waals surface area contributed by atoms with Gasteiger partial charge in [0.05, 0.1) is 16.8 Å². The van der Waals surface area contributed by atoms with E-state index >= 15 is 0 Å². The average Bonchev–Trinajstić information content (AvgIpc) is 2.72. The first-order chi connectivity index (χ1) is 11.5. The second kappa shape index (κ2) is 7.02. The molecule has 0 atom stereocenters. The van der Waals surface area contributed by atoms with Crippen LogP contribution in [0.25, 0.3) is 6.08 Å². The van der Waals surface area contributed by atoms with Crippen LogP contribution in [0, 0.1) is 0 Å². The number of benzene rings is 1. The minimum Gasteiger partial charge on any atom is -0.478 e. The predicted octanol–water partition coefficient (Wildman–Crippen LogP) is 2.54. The Morgan fingerprint density at radius 2 is 1.64 bits per heavy atom. The van der Waals surface area contributed by atoms with Crippen molar-refractivity contribution in [1.82, 2.24) is 5.32 Å². The number of carboxylic acids is 1. The Labute approximate surface area is 148 Å². The molecule has 7 heteroatoms. The number of aromatic carboxylic acids is 1. The van der Waals surface area contributed by atoms with E-state index in [1.807, 2.05) is 33.8 Å². The number of rotatable bonds is 5. The Kier molecular flexibility index (Phi) is 5.39. The van der Waals surface area contributed by atoms with Crippen LogP contribution in [0.2, 0.25) is 0 Å². The Hall–Kier alpha value is -2.12. The Bertz CT molecular complexity index is 678. The summed E-state index contributed by atoms with van der Waals surface area (Å²) in [6, 6.07) is 6.49. The van der Waals surface area contributed by atoms with Crippen LogP contribution in [0.4, 0.5) is 0 Å². The van der Waals surface area contributed by atoms with Crippen molar-refractivity contribution in [3.63, 3.8) is 0 Å².